The predicted octanol–water partition coefficient (Wildman–Crippen LogP) is 6.17. The van der Waals surface area contributed by atoms with Crippen LogP contribution < -0.4 is 10.6 Å². The van der Waals surface area contributed by atoms with Crippen molar-refractivity contribution in [1.82, 2.24) is 4.90 Å². The van der Waals surface area contributed by atoms with Gasteiger partial charge in [-0.15, -0.1) is 0 Å². The predicted molar refractivity (Wildman–Crippen MR) is 134 cm³/mol. The first-order chi connectivity index (χ1) is 14.6. The molecule has 0 amide bonds. The first-order valence-corrected chi connectivity index (χ1v) is 12.0. The second-order valence-electron chi connectivity index (χ2n) is 8.18. The van der Waals surface area contributed by atoms with Crippen LogP contribution in [0.4, 0.5) is 11.4 Å². The van der Waals surface area contributed by atoms with Crippen LogP contribution >= 0.6 is 0 Å². The quantitative estimate of drug-likeness (QED) is 0.365. The van der Waals surface area contributed by atoms with Gasteiger partial charge < -0.3 is 15.5 Å². The maximum atomic E-state index is 3.71. The number of rotatable bonds is 14. The molecule has 0 radical (unpaired) electrons. The minimum Gasteiger partial charge on any atom is -0.385 e. The van der Waals surface area contributed by atoms with E-state index in [0.717, 1.165) is 51.9 Å². The Kier molecular flexibility index (Phi) is 10.8. The number of nitrogens with zero attached hydrogens (tertiary/aromatic N) is 1. The van der Waals surface area contributed by atoms with Crippen molar-refractivity contribution in [3.05, 3.63) is 58.7 Å². The van der Waals surface area contributed by atoms with E-state index in [4.69, 9.17) is 0 Å². The van der Waals surface area contributed by atoms with Gasteiger partial charge in [0.05, 0.1) is 0 Å². The SMILES string of the molecule is CCc1cccc(CC)c1NCCCN(C)CCCNc1c(CC)cccc1CC. The van der Waals surface area contributed by atoms with E-state index in [1.807, 2.05) is 0 Å². The molecule has 0 saturated carbocycles. The molecule has 3 heteroatoms. The molecule has 0 aliphatic heterocycles. The zero-order valence-corrected chi connectivity index (χ0v) is 20.0. The Morgan fingerprint density at radius 2 is 0.933 bits per heavy atom. The molecule has 30 heavy (non-hydrogen) atoms. The zero-order chi connectivity index (χ0) is 21.8. The van der Waals surface area contributed by atoms with Gasteiger partial charge in [-0.05, 0) is 80.9 Å². The van der Waals surface area contributed by atoms with Gasteiger partial charge in [-0.25, -0.2) is 0 Å². The Labute approximate surface area is 185 Å². The van der Waals surface area contributed by atoms with Crippen LogP contribution in [0.25, 0.3) is 0 Å². The molecule has 2 aromatic rings. The molecule has 0 aliphatic carbocycles. The fraction of sp³-hybridized carbons (Fsp3) is 0.556. The molecule has 0 heterocycles. The minimum atomic E-state index is 1.04. The van der Waals surface area contributed by atoms with Gasteiger partial charge >= 0.3 is 0 Å². The van der Waals surface area contributed by atoms with Crippen LogP contribution in [0, 0.1) is 0 Å². The maximum absolute atomic E-state index is 3.71. The molecule has 0 bridgehead atoms. The van der Waals surface area contributed by atoms with E-state index in [1.54, 1.807) is 0 Å². The smallest absolute Gasteiger partial charge is 0.0405 e. The number of benzene rings is 2. The lowest BCUT2D eigenvalue weighted by atomic mass is 10.0. The fourth-order valence-corrected chi connectivity index (χ4v) is 4.18. The van der Waals surface area contributed by atoms with E-state index in [0.29, 0.717) is 0 Å². The summed E-state index contributed by atoms with van der Waals surface area (Å²) in [6, 6.07) is 13.4. The first kappa shape index (κ1) is 24.3. The van der Waals surface area contributed by atoms with Crippen molar-refractivity contribution in [1.29, 1.82) is 0 Å². The molecule has 0 fully saturated rings. The molecule has 3 nitrogen and oxygen atoms in total. The molecule has 0 saturated heterocycles. The van der Waals surface area contributed by atoms with Crippen molar-refractivity contribution in [2.45, 2.75) is 66.2 Å². The van der Waals surface area contributed by atoms with Crippen molar-refractivity contribution in [2.24, 2.45) is 0 Å². The Morgan fingerprint density at radius 1 is 0.600 bits per heavy atom. The summed E-state index contributed by atoms with van der Waals surface area (Å²) in [5.41, 5.74) is 8.49. The summed E-state index contributed by atoms with van der Waals surface area (Å²) >= 11 is 0. The van der Waals surface area contributed by atoms with Gasteiger partial charge in [0, 0.05) is 24.5 Å². The molecular formula is C27H43N3. The normalized spacial score (nSPS) is 11.1. The highest BCUT2D eigenvalue weighted by Gasteiger charge is 2.07. The van der Waals surface area contributed by atoms with Crippen LogP contribution in [-0.4, -0.2) is 38.1 Å². The standard InChI is InChI=1S/C27H43N3/c1-6-22-14-10-15-23(7-2)26(22)28-18-12-20-30(5)21-13-19-29-27-24(8-3)16-11-17-25(27)9-4/h10-11,14-17,28-29H,6-9,12-13,18-21H2,1-5H3. The van der Waals surface area contributed by atoms with Crippen molar-refractivity contribution in [3.63, 3.8) is 0 Å². The van der Waals surface area contributed by atoms with Gasteiger partial charge in [0.1, 0.15) is 0 Å². The van der Waals surface area contributed by atoms with Gasteiger partial charge in [-0.1, -0.05) is 64.1 Å². The number of aryl methyl sites for hydroxylation is 4. The summed E-state index contributed by atoms with van der Waals surface area (Å²) < 4.78 is 0. The van der Waals surface area contributed by atoms with Crippen molar-refractivity contribution < 1.29 is 0 Å². The zero-order valence-electron chi connectivity index (χ0n) is 20.0. The van der Waals surface area contributed by atoms with Crippen LogP contribution in [0.2, 0.25) is 0 Å². The molecule has 0 aliphatic rings. The molecule has 2 aromatic carbocycles. The monoisotopic (exact) mass is 409 g/mol. The minimum absolute atomic E-state index is 1.04. The van der Waals surface area contributed by atoms with Crippen LogP contribution in [-0.2, 0) is 25.7 Å². The summed E-state index contributed by atoms with van der Waals surface area (Å²) in [5.74, 6) is 0. The van der Waals surface area contributed by atoms with Gasteiger partial charge in [0.2, 0.25) is 0 Å². The first-order valence-electron chi connectivity index (χ1n) is 12.0. The Morgan fingerprint density at radius 3 is 1.23 bits per heavy atom. The van der Waals surface area contributed by atoms with Crippen molar-refractivity contribution >= 4 is 11.4 Å². The van der Waals surface area contributed by atoms with E-state index < -0.39 is 0 Å². The lowest BCUT2D eigenvalue weighted by Gasteiger charge is -2.20. The third-order valence-electron chi connectivity index (χ3n) is 6.03. The Bertz CT molecular complexity index is 646. The third kappa shape index (κ3) is 7.05. The molecule has 0 aromatic heterocycles. The molecule has 2 N–H and O–H groups in total. The average Bonchev–Trinajstić information content (AvgIpc) is 2.79. The van der Waals surface area contributed by atoms with Gasteiger partial charge in [0.15, 0.2) is 0 Å². The van der Waals surface area contributed by atoms with Crippen LogP contribution in [0.15, 0.2) is 36.4 Å². The van der Waals surface area contributed by atoms with Crippen LogP contribution in [0.5, 0.6) is 0 Å². The molecule has 166 valence electrons. The molecule has 2 rings (SSSR count). The number of nitrogens with one attached hydrogen (secondary N) is 2. The van der Waals surface area contributed by atoms with Crippen molar-refractivity contribution in [3.8, 4) is 0 Å². The summed E-state index contributed by atoms with van der Waals surface area (Å²) in [6.45, 7) is 13.3. The molecule has 0 spiro atoms. The lowest BCUT2D eigenvalue weighted by molar-refractivity contribution is 0.331. The Hall–Kier alpha value is -2.00. The number of hydrogen-bond acceptors (Lipinski definition) is 3. The van der Waals surface area contributed by atoms with E-state index in [-0.39, 0.29) is 0 Å². The van der Waals surface area contributed by atoms with E-state index in [2.05, 4.69) is 86.7 Å². The number of para-hydroxylation sites is 2. The second kappa shape index (κ2) is 13.3. The third-order valence-corrected chi connectivity index (χ3v) is 6.03. The van der Waals surface area contributed by atoms with Gasteiger partial charge in [-0.2, -0.15) is 0 Å². The summed E-state index contributed by atoms with van der Waals surface area (Å²) in [5, 5.41) is 7.43. The summed E-state index contributed by atoms with van der Waals surface area (Å²) in [6.07, 6.45) is 6.69. The average molecular weight is 410 g/mol. The lowest BCUT2D eigenvalue weighted by Crippen LogP contribution is -2.24. The molecule has 0 atom stereocenters. The molecule has 0 unspecified atom stereocenters. The van der Waals surface area contributed by atoms with Crippen LogP contribution in [0.3, 0.4) is 0 Å². The van der Waals surface area contributed by atoms with E-state index >= 15 is 0 Å². The Balaban J connectivity index is 1.70. The summed E-state index contributed by atoms with van der Waals surface area (Å²) in [4.78, 5) is 2.46. The van der Waals surface area contributed by atoms with E-state index in [1.165, 1.54) is 46.5 Å². The highest BCUT2D eigenvalue weighted by molar-refractivity contribution is 5.58. The summed E-state index contributed by atoms with van der Waals surface area (Å²) in [7, 11) is 2.24. The number of anilines is 2. The van der Waals surface area contributed by atoms with Crippen molar-refractivity contribution in [2.75, 3.05) is 43.9 Å². The molecular weight excluding hydrogens is 366 g/mol. The van der Waals surface area contributed by atoms with E-state index in [9.17, 15) is 0 Å². The van der Waals surface area contributed by atoms with Gasteiger partial charge in [-0.3, -0.25) is 0 Å². The fourth-order valence-electron chi connectivity index (χ4n) is 4.18. The van der Waals surface area contributed by atoms with Crippen LogP contribution in [0.1, 0.15) is 62.8 Å². The second-order valence-corrected chi connectivity index (χ2v) is 8.18. The largest absolute Gasteiger partial charge is 0.385 e. The maximum Gasteiger partial charge on any atom is 0.0405 e. The highest BCUT2D eigenvalue weighted by atomic mass is 15.1. The highest BCUT2D eigenvalue weighted by Crippen LogP contribution is 2.23. The number of hydrogen-bond donors (Lipinski definition) is 2. The van der Waals surface area contributed by atoms with Gasteiger partial charge in [0.25, 0.3) is 0 Å². The topological polar surface area (TPSA) is 27.3 Å².